The average Bonchev–Trinajstić information content (AvgIpc) is 2.39. The van der Waals surface area contributed by atoms with Crippen molar-refractivity contribution in [2.75, 3.05) is 19.3 Å². The molecular formula is C13H15Cl2N3O2. The van der Waals surface area contributed by atoms with Gasteiger partial charge < -0.3 is 16.0 Å². The lowest BCUT2D eigenvalue weighted by Crippen LogP contribution is -2.48. The van der Waals surface area contributed by atoms with Crippen LogP contribution in [0.15, 0.2) is 12.1 Å². The van der Waals surface area contributed by atoms with E-state index >= 15 is 0 Å². The third-order valence-corrected chi connectivity index (χ3v) is 4.10. The highest BCUT2D eigenvalue weighted by atomic mass is 35.5. The van der Waals surface area contributed by atoms with Crippen LogP contribution in [-0.4, -0.2) is 36.3 Å². The van der Waals surface area contributed by atoms with Crippen molar-refractivity contribution < 1.29 is 9.59 Å². The number of nitrogen functional groups attached to an aromatic ring is 1. The van der Waals surface area contributed by atoms with Crippen LogP contribution < -0.4 is 11.1 Å². The third-order valence-electron chi connectivity index (χ3n) is 3.28. The number of hydrogen-bond donors (Lipinski definition) is 2. The van der Waals surface area contributed by atoms with E-state index < -0.39 is 0 Å². The summed E-state index contributed by atoms with van der Waals surface area (Å²) >= 11 is 11.8. The van der Waals surface area contributed by atoms with Gasteiger partial charge in [0.15, 0.2) is 0 Å². The number of piperidine rings is 1. The number of nitrogens with one attached hydrogen (secondary N) is 1. The van der Waals surface area contributed by atoms with E-state index in [1.807, 2.05) is 0 Å². The molecule has 1 fully saturated rings. The molecule has 5 nitrogen and oxygen atoms in total. The molecule has 0 saturated carbocycles. The highest BCUT2D eigenvalue weighted by Crippen LogP contribution is 2.29. The standard InChI is InChI=1S/C13H15Cl2N3O2/c1-18-6-8(2-3-11(18)19)17-13(20)7-4-9(14)12(15)10(16)5-7/h4-5,8H,2-3,6,16H2,1H3,(H,17,20). The molecule has 1 aromatic rings. The van der Waals surface area contributed by atoms with Crippen LogP contribution >= 0.6 is 23.2 Å². The van der Waals surface area contributed by atoms with Crippen molar-refractivity contribution in [2.24, 2.45) is 0 Å². The summed E-state index contributed by atoms with van der Waals surface area (Å²) in [6.07, 6.45) is 1.07. The maximum Gasteiger partial charge on any atom is 0.251 e. The quantitative estimate of drug-likeness (QED) is 0.819. The maximum atomic E-state index is 12.1. The van der Waals surface area contributed by atoms with E-state index in [-0.39, 0.29) is 33.6 Å². The Bertz CT molecular complexity index is 540. The Morgan fingerprint density at radius 2 is 2.15 bits per heavy atom. The van der Waals surface area contributed by atoms with Gasteiger partial charge in [-0.3, -0.25) is 9.59 Å². The van der Waals surface area contributed by atoms with Gasteiger partial charge >= 0.3 is 0 Å². The van der Waals surface area contributed by atoms with Gasteiger partial charge in [0, 0.05) is 31.6 Å². The molecule has 0 aliphatic carbocycles. The number of benzene rings is 1. The largest absolute Gasteiger partial charge is 0.397 e. The van der Waals surface area contributed by atoms with E-state index in [9.17, 15) is 9.59 Å². The summed E-state index contributed by atoms with van der Waals surface area (Å²) in [4.78, 5) is 25.1. The molecular weight excluding hydrogens is 301 g/mol. The average molecular weight is 316 g/mol. The predicted molar refractivity (Wildman–Crippen MR) is 79.0 cm³/mol. The molecule has 1 aliphatic heterocycles. The fourth-order valence-corrected chi connectivity index (χ4v) is 2.48. The number of nitrogens with two attached hydrogens (primary N) is 1. The van der Waals surface area contributed by atoms with Crippen LogP contribution in [0.3, 0.4) is 0 Å². The van der Waals surface area contributed by atoms with E-state index in [0.717, 1.165) is 0 Å². The summed E-state index contributed by atoms with van der Waals surface area (Å²) in [5.74, 6) is -0.183. The highest BCUT2D eigenvalue weighted by Gasteiger charge is 2.24. The lowest BCUT2D eigenvalue weighted by Gasteiger charge is -2.30. The number of likely N-dealkylation sites (N-methyl/N-ethyl adjacent to an activating group) is 1. The molecule has 1 saturated heterocycles. The number of rotatable bonds is 2. The fourth-order valence-electron chi connectivity index (χ4n) is 2.14. The van der Waals surface area contributed by atoms with E-state index in [1.165, 1.54) is 12.1 Å². The normalized spacial score (nSPS) is 19.1. The summed E-state index contributed by atoms with van der Waals surface area (Å²) in [6.45, 7) is 0.501. The van der Waals surface area contributed by atoms with Crippen LogP contribution in [-0.2, 0) is 4.79 Å². The van der Waals surface area contributed by atoms with Crippen LogP contribution in [0.4, 0.5) is 5.69 Å². The number of anilines is 1. The lowest BCUT2D eigenvalue weighted by molar-refractivity contribution is -0.132. The summed E-state index contributed by atoms with van der Waals surface area (Å²) in [6, 6.07) is 2.90. The number of carbonyl (C=O) groups excluding carboxylic acids is 2. The van der Waals surface area contributed by atoms with Crippen molar-refractivity contribution in [1.29, 1.82) is 0 Å². The van der Waals surface area contributed by atoms with Crippen LogP contribution in [0, 0.1) is 0 Å². The molecule has 20 heavy (non-hydrogen) atoms. The minimum Gasteiger partial charge on any atom is -0.397 e. The van der Waals surface area contributed by atoms with E-state index in [2.05, 4.69) is 5.32 Å². The Hall–Kier alpha value is -1.46. The van der Waals surface area contributed by atoms with Crippen LogP contribution in [0.5, 0.6) is 0 Å². The zero-order valence-electron chi connectivity index (χ0n) is 11.0. The number of amides is 2. The van der Waals surface area contributed by atoms with Gasteiger partial charge in [0.25, 0.3) is 5.91 Å². The SMILES string of the molecule is CN1CC(NC(=O)c2cc(N)c(Cl)c(Cl)c2)CCC1=O. The second kappa shape index (κ2) is 5.89. The summed E-state index contributed by atoms with van der Waals surface area (Å²) in [7, 11) is 1.72. The van der Waals surface area contributed by atoms with E-state index in [0.29, 0.717) is 24.9 Å². The van der Waals surface area contributed by atoms with Gasteiger partial charge in [-0.2, -0.15) is 0 Å². The molecule has 108 valence electrons. The van der Waals surface area contributed by atoms with Crippen molar-refractivity contribution in [2.45, 2.75) is 18.9 Å². The number of carbonyl (C=O) groups is 2. The van der Waals surface area contributed by atoms with Gasteiger partial charge in [0.1, 0.15) is 0 Å². The van der Waals surface area contributed by atoms with Gasteiger partial charge in [-0.15, -0.1) is 0 Å². The van der Waals surface area contributed by atoms with Crippen LogP contribution in [0.2, 0.25) is 10.0 Å². The Kier molecular flexibility index (Phi) is 4.40. The first-order chi connectivity index (χ1) is 9.38. The summed E-state index contributed by atoms with van der Waals surface area (Å²) < 4.78 is 0. The molecule has 0 spiro atoms. The second-order valence-electron chi connectivity index (χ2n) is 4.84. The second-order valence-corrected chi connectivity index (χ2v) is 5.63. The molecule has 3 N–H and O–H groups in total. The summed E-state index contributed by atoms with van der Waals surface area (Å²) in [5, 5.41) is 3.36. The lowest BCUT2D eigenvalue weighted by atomic mass is 10.0. The highest BCUT2D eigenvalue weighted by molar-refractivity contribution is 6.43. The molecule has 0 radical (unpaired) electrons. The molecule has 0 aromatic heterocycles. The molecule has 1 unspecified atom stereocenters. The Balaban J connectivity index is 2.07. The molecule has 0 bridgehead atoms. The number of likely N-dealkylation sites (tertiary alicyclic amines) is 1. The number of hydrogen-bond acceptors (Lipinski definition) is 3. The molecule has 7 heteroatoms. The van der Waals surface area contributed by atoms with Crippen LogP contribution in [0.1, 0.15) is 23.2 Å². The van der Waals surface area contributed by atoms with Crippen molar-refractivity contribution in [3.05, 3.63) is 27.7 Å². The van der Waals surface area contributed by atoms with Gasteiger partial charge in [-0.1, -0.05) is 23.2 Å². The first kappa shape index (κ1) is 14.9. The van der Waals surface area contributed by atoms with E-state index in [1.54, 1.807) is 11.9 Å². The molecule has 1 heterocycles. The van der Waals surface area contributed by atoms with Gasteiger partial charge in [-0.25, -0.2) is 0 Å². The first-order valence-electron chi connectivity index (χ1n) is 6.18. The third kappa shape index (κ3) is 3.16. The smallest absolute Gasteiger partial charge is 0.251 e. The minimum absolute atomic E-state index is 0.0686. The predicted octanol–water partition coefficient (Wildman–Crippen LogP) is 1.93. The van der Waals surface area contributed by atoms with Crippen molar-refractivity contribution in [1.82, 2.24) is 10.2 Å². The number of nitrogens with zero attached hydrogens (tertiary/aromatic N) is 1. The van der Waals surface area contributed by atoms with E-state index in [4.69, 9.17) is 28.9 Å². The van der Waals surface area contributed by atoms with Crippen LogP contribution in [0.25, 0.3) is 0 Å². The minimum atomic E-state index is -0.275. The zero-order chi connectivity index (χ0) is 14.9. The van der Waals surface area contributed by atoms with Gasteiger partial charge in [-0.05, 0) is 18.6 Å². The zero-order valence-corrected chi connectivity index (χ0v) is 12.5. The summed E-state index contributed by atoms with van der Waals surface area (Å²) in [5.41, 5.74) is 6.31. The maximum absolute atomic E-state index is 12.1. The molecule has 1 aromatic carbocycles. The van der Waals surface area contributed by atoms with Gasteiger partial charge in [0.2, 0.25) is 5.91 Å². The monoisotopic (exact) mass is 315 g/mol. The Morgan fingerprint density at radius 3 is 2.75 bits per heavy atom. The molecule has 2 amide bonds. The van der Waals surface area contributed by atoms with Crippen molar-refractivity contribution in [3.8, 4) is 0 Å². The van der Waals surface area contributed by atoms with Crippen molar-refractivity contribution in [3.63, 3.8) is 0 Å². The fraction of sp³-hybridized carbons (Fsp3) is 0.385. The molecule has 1 atom stereocenters. The Labute approximate surface area is 127 Å². The topological polar surface area (TPSA) is 75.4 Å². The molecule has 2 rings (SSSR count). The Morgan fingerprint density at radius 1 is 1.45 bits per heavy atom. The van der Waals surface area contributed by atoms with Crippen molar-refractivity contribution >= 4 is 40.7 Å². The first-order valence-corrected chi connectivity index (χ1v) is 6.93. The van der Waals surface area contributed by atoms with Gasteiger partial charge in [0.05, 0.1) is 15.7 Å². The number of halogens is 2. The molecule has 1 aliphatic rings.